The highest BCUT2D eigenvalue weighted by Crippen LogP contribution is 2.47. The molecule has 0 aromatic heterocycles. The molecule has 2 atom stereocenters. The minimum atomic E-state index is -0.907. The minimum Gasteiger partial charge on any atom is -0.496 e. The van der Waals surface area contributed by atoms with Gasteiger partial charge in [-0.15, -0.1) is 0 Å². The Balaban J connectivity index is 1.97. The number of aliphatic carboxylic acids is 1. The van der Waals surface area contributed by atoms with Gasteiger partial charge in [-0.3, -0.25) is 4.79 Å². The molecular weight excluding hydrogens is 388 g/mol. The van der Waals surface area contributed by atoms with Gasteiger partial charge >= 0.3 is 5.97 Å². The van der Waals surface area contributed by atoms with Crippen LogP contribution in [-0.2, 0) is 9.53 Å². The lowest BCUT2D eigenvalue weighted by atomic mass is 9.89. The number of carbonyl (C=O) groups is 1. The second kappa shape index (κ2) is 7.90. The molecule has 3 aromatic rings. The van der Waals surface area contributed by atoms with Crippen molar-refractivity contribution in [3.05, 3.63) is 87.9 Å². The molecule has 0 spiro atoms. The Morgan fingerprint density at radius 2 is 1.76 bits per heavy atom. The van der Waals surface area contributed by atoms with Crippen LogP contribution < -0.4 is 4.74 Å². The number of carboxylic acids is 1. The van der Waals surface area contributed by atoms with Crippen LogP contribution in [0.2, 0.25) is 5.02 Å². The van der Waals surface area contributed by atoms with E-state index in [0.29, 0.717) is 5.02 Å². The zero-order valence-corrected chi connectivity index (χ0v) is 16.9. The topological polar surface area (TPSA) is 55.8 Å². The van der Waals surface area contributed by atoms with E-state index in [1.807, 2.05) is 67.6 Å². The maximum Gasteiger partial charge on any atom is 0.306 e. The van der Waals surface area contributed by atoms with Crippen LogP contribution in [0.25, 0.3) is 11.1 Å². The summed E-state index contributed by atoms with van der Waals surface area (Å²) in [6.07, 6.45) is -1.20. The van der Waals surface area contributed by atoms with Crippen molar-refractivity contribution in [1.29, 1.82) is 0 Å². The summed E-state index contributed by atoms with van der Waals surface area (Å²) in [7, 11) is 1.63. The highest BCUT2D eigenvalue weighted by molar-refractivity contribution is 6.30. The summed E-state index contributed by atoms with van der Waals surface area (Å²) in [5, 5.41) is 10.1. The number of rotatable bonds is 4. The van der Waals surface area contributed by atoms with Gasteiger partial charge in [-0.2, -0.15) is 0 Å². The SMILES string of the molecule is COc1cccc([C@@H]2O[C@@H](CC(=O)O)c3ccccc3-c3ccc(Cl)cc32)c1C. The Morgan fingerprint density at radius 3 is 2.52 bits per heavy atom. The van der Waals surface area contributed by atoms with Crippen LogP contribution >= 0.6 is 11.6 Å². The van der Waals surface area contributed by atoms with Crippen LogP contribution in [0.4, 0.5) is 0 Å². The van der Waals surface area contributed by atoms with E-state index >= 15 is 0 Å². The Hall–Kier alpha value is -2.82. The molecule has 29 heavy (non-hydrogen) atoms. The zero-order chi connectivity index (χ0) is 20.5. The van der Waals surface area contributed by atoms with E-state index in [-0.39, 0.29) is 6.42 Å². The highest BCUT2D eigenvalue weighted by atomic mass is 35.5. The first kappa shape index (κ1) is 19.5. The number of benzene rings is 3. The molecule has 0 bridgehead atoms. The van der Waals surface area contributed by atoms with Gasteiger partial charge < -0.3 is 14.6 Å². The molecular formula is C24H21ClO4. The van der Waals surface area contributed by atoms with Crippen LogP contribution in [0.3, 0.4) is 0 Å². The molecule has 0 radical (unpaired) electrons. The van der Waals surface area contributed by atoms with Crippen molar-refractivity contribution in [3.63, 3.8) is 0 Å². The number of hydrogen-bond donors (Lipinski definition) is 1. The third-order valence-electron chi connectivity index (χ3n) is 5.38. The number of halogens is 1. The quantitative estimate of drug-likeness (QED) is 0.578. The fourth-order valence-corrected chi connectivity index (χ4v) is 4.20. The predicted molar refractivity (Wildman–Crippen MR) is 113 cm³/mol. The Labute approximate surface area is 174 Å². The Morgan fingerprint density at radius 1 is 1.03 bits per heavy atom. The fourth-order valence-electron chi connectivity index (χ4n) is 4.02. The van der Waals surface area contributed by atoms with Crippen LogP contribution in [0.15, 0.2) is 60.7 Å². The highest BCUT2D eigenvalue weighted by Gasteiger charge is 2.32. The van der Waals surface area contributed by atoms with Crippen molar-refractivity contribution in [2.45, 2.75) is 25.6 Å². The van der Waals surface area contributed by atoms with E-state index in [2.05, 4.69) is 0 Å². The van der Waals surface area contributed by atoms with Gasteiger partial charge in [0.05, 0.1) is 19.6 Å². The monoisotopic (exact) mass is 408 g/mol. The molecule has 0 aliphatic carbocycles. The summed E-state index contributed by atoms with van der Waals surface area (Å²) < 4.78 is 12.0. The third kappa shape index (κ3) is 3.61. The van der Waals surface area contributed by atoms with Crippen molar-refractivity contribution in [2.24, 2.45) is 0 Å². The van der Waals surface area contributed by atoms with Gasteiger partial charge in [0.15, 0.2) is 0 Å². The van der Waals surface area contributed by atoms with Crippen LogP contribution in [0, 0.1) is 6.92 Å². The van der Waals surface area contributed by atoms with Gasteiger partial charge in [-0.25, -0.2) is 0 Å². The van der Waals surface area contributed by atoms with E-state index in [9.17, 15) is 9.90 Å². The first-order valence-electron chi connectivity index (χ1n) is 9.39. The van der Waals surface area contributed by atoms with Gasteiger partial charge in [-0.05, 0) is 58.5 Å². The predicted octanol–water partition coefficient (Wildman–Crippen LogP) is 5.96. The molecule has 0 saturated heterocycles. The molecule has 4 rings (SSSR count). The molecule has 3 aromatic carbocycles. The lowest BCUT2D eigenvalue weighted by Crippen LogP contribution is -2.14. The second-order valence-corrected chi connectivity index (χ2v) is 7.53. The summed E-state index contributed by atoms with van der Waals surface area (Å²) >= 11 is 6.35. The molecule has 1 heterocycles. The van der Waals surface area contributed by atoms with Crippen molar-refractivity contribution >= 4 is 17.6 Å². The largest absolute Gasteiger partial charge is 0.496 e. The summed E-state index contributed by atoms with van der Waals surface area (Å²) in [4.78, 5) is 11.6. The summed E-state index contributed by atoms with van der Waals surface area (Å²) in [6, 6.07) is 19.3. The van der Waals surface area contributed by atoms with Gasteiger partial charge in [0.2, 0.25) is 0 Å². The number of fused-ring (bicyclic) bond motifs is 3. The molecule has 0 amide bonds. The number of hydrogen-bond acceptors (Lipinski definition) is 3. The van der Waals surface area contributed by atoms with Gasteiger partial charge in [0.1, 0.15) is 11.9 Å². The molecule has 0 fully saturated rings. The lowest BCUT2D eigenvalue weighted by Gasteiger charge is -2.25. The number of ether oxygens (including phenoxy) is 2. The molecule has 1 N–H and O–H groups in total. The standard InChI is InChI=1S/C24H21ClO4/c1-14-16(8-5-9-21(14)28-2)24-20-12-15(25)10-11-18(20)17-6-3-4-7-19(17)22(29-24)13-23(26)27/h3-12,22,24H,13H2,1-2H3,(H,26,27)/t22-,24-/m0/s1. The van der Waals surface area contributed by atoms with Crippen molar-refractivity contribution in [2.75, 3.05) is 7.11 Å². The second-order valence-electron chi connectivity index (χ2n) is 7.10. The van der Waals surface area contributed by atoms with E-state index in [4.69, 9.17) is 21.1 Å². The molecule has 0 saturated carbocycles. The summed E-state index contributed by atoms with van der Waals surface area (Å²) in [5.41, 5.74) is 5.61. The number of carboxylic acid groups (broad SMARTS) is 1. The average Bonchev–Trinajstić information content (AvgIpc) is 2.83. The molecule has 0 unspecified atom stereocenters. The Kier molecular flexibility index (Phi) is 5.31. The molecule has 5 heteroatoms. The van der Waals surface area contributed by atoms with E-state index in [0.717, 1.165) is 39.1 Å². The smallest absolute Gasteiger partial charge is 0.306 e. The molecule has 148 valence electrons. The first-order chi connectivity index (χ1) is 14.0. The van der Waals surface area contributed by atoms with E-state index in [1.165, 1.54) is 0 Å². The zero-order valence-electron chi connectivity index (χ0n) is 16.2. The summed E-state index contributed by atoms with van der Waals surface area (Å²) in [6.45, 7) is 1.98. The van der Waals surface area contributed by atoms with Crippen molar-refractivity contribution < 1.29 is 19.4 Å². The van der Waals surface area contributed by atoms with Gasteiger partial charge in [-0.1, -0.05) is 54.1 Å². The maximum absolute atomic E-state index is 11.6. The van der Waals surface area contributed by atoms with Crippen molar-refractivity contribution in [3.8, 4) is 16.9 Å². The number of methoxy groups -OCH3 is 1. The van der Waals surface area contributed by atoms with Crippen LogP contribution in [0.5, 0.6) is 5.75 Å². The molecule has 1 aliphatic rings. The summed E-state index contributed by atoms with van der Waals surface area (Å²) in [5.74, 6) is -0.152. The van der Waals surface area contributed by atoms with Gasteiger partial charge in [0.25, 0.3) is 0 Å². The van der Waals surface area contributed by atoms with Crippen molar-refractivity contribution in [1.82, 2.24) is 0 Å². The Bertz CT molecular complexity index is 1080. The third-order valence-corrected chi connectivity index (χ3v) is 5.62. The normalized spacial score (nSPS) is 17.8. The van der Waals surface area contributed by atoms with E-state index in [1.54, 1.807) is 7.11 Å². The molecule has 1 aliphatic heterocycles. The van der Waals surface area contributed by atoms with Crippen LogP contribution in [0.1, 0.15) is 40.9 Å². The molecule has 4 nitrogen and oxygen atoms in total. The first-order valence-corrected chi connectivity index (χ1v) is 9.77. The maximum atomic E-state index is 11.6. The fraction of sp³-hybridized carbons (Fsp3) is 0.208. The van der Waals surface area contributed by atoms with E-state index < -0.39 is 18.2 Å². The average molecular weight is 409 g/mol. The minimum absolute atomic E-state index is 0.127. The van der Waals surface area contributed by atoms with Crippen LogP contribution in [-0.4, -0.2) is 18.2 Å². The lowest BCUT2D eigenvalue weighted by molar-refractivity contribution is -0.141. The van der Waals surface area contributed by atoms with Gasteiger partial charge in [0, 0.05) is 5.02 Å².